The molecule has 0 bridgehead atoms. The monoisotopic (exact) mass is 521 g/mol. The summed E-state index contributed by atoms with van der Waals surface area (Å²) in [6, 6.07) is 11.9. The number of nitrogens with one attached hydrogen (secondary N) is 2. The van der Waals surface area contributed by atoms with Crippen LogP contribution in [0.2, 0.25) is 0 Å². The fraction of sp³-hybridized carbons (Fsp3) is 0.400. The first-order valence-corrected chi connectivity index (χ1v) is 12.6. The minimum atomic E-state index is -5.08. The number of benzene rings is 2. The van der Waals surface area contributed by atoms with E-state index in [2.05, 4.69) is 5.32 Å². The Hall–Kier alpha value is -2.92. The zero-order valence-corrected chi connectivity index (χ0v) is 19.8. The van der Waals surface area contributed by atoms with Crippen molar-refractivity contribution in [1.29, 1.82) is 0 Å². The summed E-state index contributed by atoms with van der Waals surface area (Å²) >= 11 is 1.34. The first-order chi connectivity index (χ1) is 17.1. The maximum absolute atomic E-state index is 15.3. The average molecular weight is 522 g/mol. The van der Waals surface area contributed by atoms with Gasteiger partial charge in [-0.05, 0) is 49.6 Å². The van der Waals surface area contributed by atoms with Crippen LogP contribution in [0.5, 0.6) is 0 Å². The Balaban J connectivity index is 1.50. The van der Waals surface area contributed by atoms with Crippen molar-refractivity contribution in [3.63, 3.8) is 0 Å². The predicted octanol–water partition coefficient (Wildman–Crippen LogP) is 5.01. The van der Waals surface area contributed by atoms with E-state index >= 15 is 4.39 Å². The minimum Gasteiger partial charge on any atom is -0.375 e. The quantitative estimate of drug-likeness (QED) is 0.542. The lowest BCUT2D eigenvalue weighted by atomic mass is 9.81. The molecule has 2 saturated carbocycles. The number of carbonyl (C=O) groups excluding carboxylic acids is 2. The standard InChI is InChI=1S/C25H23F4N3O3S/c26-20-9-6-16(30-22(34)25(27,28)29)11-19(20)24-12-18(35-17-7-8-17)10-15(24)13-36-23(32-24)31-21(33)14-4-2-1-3-5-14/h1-6,9,11,15,17-18H,7-8,10,12-13H2,(H,30,34)(H,31,32,33)/t15-,18-,24-/m0/s1. The van der Waals surface area contributed by atoms with Gasteiger partial charge >= 0.3 is 12.1 Å². The molecule has 36 heavy (non-hydrogen) atoms. The maximum Gasteiger partial charge on any atom is 0.471 e. The highest BCUT2D eigenvalue weighted by molar-refractivity contribution is 8.13. The molecule has 5 rings (SSSR count). The SMILES string of the molecule is O=C(NC1=N[C@@]2(c3cc(NC(=O)C(F)(F)F)ccc3F)C[C@@H](OC3CC3)C[C@H]2CS1)c1ccccc1. The number of rotatable bonds is 5. The van der Waals surface area contributed by atoms with Crippen LogP contribution in [0.4, 0.5) is 23.2 Å². The van der Waals surface area contributed by atoms with Crippen LogP contribution in [-0.2, 0) is 15.1 Å². The number of thioether (sulfide) groups is 1. The number of halogens is 4. The molecule has 11 heteroatoms. The molecule has 0 unspecified atom stereocenters. The molecule has 2 N–H and O–H groups in total. The number of aliphatic imine (C=N–C) groups is 1. The van der Waals surface area contributed by atoms with E-state index in [0.29, 0.717) is 29.3 Å². The van der Waals surface area contributed by atoms with Gasteiger partial charge in [-0.25, -0.2) is 4.39 Å². The molecule has 0 spiro atoms. The summed E-state index contributed by atoms with van der Waals surface area (Å²) in [6.45, 7) is 0. The van der Waals surface area contributed by atoms with Crippen LogP contribution in [0.1, 0.15) is 41.6 Å². The number of anilines is 1. The molecule has 2 aromatic carbocycles. The average Bonchev–Trinajstić information content (AvgIpc) is 3.58. The van der Waals surface area contributed by atoms with Gasteiger partial charge in [0.05, 0.1) is 17.7 Å². The molecule has 1 aliphatic heterocycles. The van der Waals surface area contributed by atoms with Gasteiger partial charge < -0.3 is 15.4 Å². The van der Waals surface area contributed by atoms with Gasteiger partial charge in [0, 0.05) is 34.9 Å². The summed E-state index contributed by atoms with van der Waals surface area (Å²) < 4.78 is 59.8. The van der Waals surface area contributed by atoms with E-state index in [-0.39, 0.29) is 35.3 Å². The van der Waals surface area contributed by atoms with Crippen molar-refractivity contribution < 1.29 is 31.9 Å². The highest BCUT2D eigenvalue weighted by Gasteiger charge is 2.53. The second kappa shape index (κ2) is 9.51. The fourth-order valence-corrected chi connectivity index (χ4v) is 5.94. The molecule has 2 aromatic rings. The third-order valence-electron chi connectivity index (χ3n) is 6.60. The molecule has 2 aliphatic carbocycles. The lowest BCUT2D eigenvalue weighted by Crippen LogP contribution is -2.40. The number of amides is 2. The van der Waals surface area contributed by atoms with Gasteiger partial charge in [-0.15, -0.1) is 0 Å². The van der Waals surface area contributed by atoms with Crippen molar-refractivity contribution in [2.45, 2.75) is 49.6 Å². The molecule has 0 aromatic heterocycles. The zero-order valence-electron chi connectivity index (χ0n) is 19.0. The Kier molecular flexibility index (Phi) is 6.54. The molecule has 0 radical (unpaired) electrons. The number of hydrogen-bond acceptors (Lipinski definition) is 5. The van der Waals surface area contributed by atoms with Crippen molar-refractivity contribution in [2.24, 2.45) is 10.9 Å². The van der Waals surface area contributed by atoms with Crippen LogP contribution in [0.3, 0.4) is 0 Å². The van der Waals surface area contributed by atoms with Gasteiger partial charge in [0.1, 0.15) is 5.82 Å². The molecule has 190 valence electrons. The van der Waals surface area contributed by atoms with Crippen molar-refractivity contribution in [1.82, 2.24) is 5.32 Å². The number of amidine groups is 1. The van der Waals surface area contributed by atoms with E-state index < -0.39 is 23.4 Å². The van der Waals surface area contributed by atoms with Crippen molar-refractivity contribution in [3.8, 4) is 0 Å². The lowest BCUT2D eigenvalue weighted by molar-refractivity contribution is -0.167. The van der Waals surface area contributed by atoms with Crippen LogP contribution >= 0.6 is 11.8 Å². The molecule has 2 fully saturated rings. The minimum absolute atomic E-state index is 0.0705. The Morgan fingerprint density at radius 3 is 2.50 bits per heavy atom. The highest BCUT2D eigenvalue weighted by atomic mass is 32.2. The summed E-state index contributed by atoms with van der Waals surface area (Å²) in [5.41, 5.74) is -0.841. The van der Waals surface area contributed by atoms with E-state index in [0.717, 1.165) is 25.0 Å². The van der Waals surface area contributed by atoms with Gasteiger partial charge in [0.2, 0.25) is 0 Å². The molecule has 3 aliphatic rings. The number of alkyl halides is 3. The fourth-order valence-electron chi connectivity index (χ4n) is 4.77. The summed E-state index contributed by atoms with van der Waals surface area (Å²) in [4.78, 5) is 29.0. The predicted molar refractivity (Wildman–Crippen MR) is 127 cm³/mol. The van der Waals surface area contributed by atoms with E-state index in [9.17, 15) is 22.8 Å². The van der Waals surface area contributed by atoms with Crippen LogP contribution in [0.15, 0.2) is 53.5 Å². The largest absolute Gasteiger partial charge is 0.471 e. The highest BCUT2D eigenvalue weighted by Crippen LogP contribution is 2.53. The summed E-state index contributed by atoms with van der Waals surface area (Å²) in [5, 5.41) is 4.89. The number of hydrogen-bond donors (Lipinski definition) is 2. The first kappa shape index (κ1) is 24.8. The van der Waals surface area contributed by atoms with E-state index in [1.165, 1.54) is 17.8 Å². The number of ether oxygens (including phenoxy) is 1. The maximum atomic E-state index is 15.3. The number of carbonyl (C=O) groups is 2. The lowest BCUT2D eigenvalue weighted by Gasteiger charge is -2.36. The van der Waals surface area contributed by atoms with Gasteiger partial charge in [-0.2, -0.15) is 13.2 Å². The van der Waals surface area contributed by atoms with Crippen LogP contribution in [-0.4, -0.2) is 41.1 Å². The Morgan fingerprint density at radius 2 is 1.81 bits per heavy atom. The third kappa shape index (κ3) is 5.12. The number of fused-ring (bicyclic) bond motifs is 1. The molecule has 3 atom stereocenters. The van der Waals surface area contributed by atoms with Crippen molar-refractivity contribution in [3.05, 3.63) is 65.5 Å². The summed E-state index contributed by atoms with van der Waals surface area (Å²) in [6.07, 6.45) is -2.30. The molecule has 1 heterocycles. The molecular weight excluding hydrogens is 498 g/mol. The Bertz CT molecular complexity index is 1200. The second-order valence-corrected chi connectivity index (χ2v) is 10.2. The normalized spacial score (nSPS) is 25.6. The molecular formula is C25H23F4N3O3S. The Morgan fingerprint density at radius 1 is 1.06 bits per heavy atom. The van der Waals surface area contributed by atoms with Gasteiger partial charge in [-0.3, -0.25) is 14.6 Å². The Labute approximate surface area is 208 Å². The topological polar surface area (TPSA) is 79.8 Å². The zero-order chi connectivity index (χ0) is 25.5. The van der Waals surface area contributed by atoms with Crippen LogP contribution < -0.4 is 10.6 Å². The van der Waals surface area contributed by atoms with Crippen molar-refractivity contribution >= 4 is 34.4 Å². The van der Waals surface area contributed by atoms with Gasteiger partial charge in [-0.1, -0.05) is 30.0 Å². The van der Waals surface area contributed by atoms with Crippen LogP contribution in [0.25, 0.3) is 0 Å². The van der Waals surface area contributed by atoms with Crippen molar-refractivity contribution in [2.75, 3.05) is 11.1 Å². The van der Waals surface area contributed by atoms with Gasteiger partial charge in [0.25, 0.3) is 5.91 Å². The smallest absolute Gasteiger partial charge is 0.375 e. The first-order valence-electron chi connectivity index (χ1n) is 11.6. The summed E-state index contributed by atoms with van der Waals surface area (Å²) in [7, 11) is 0. The van der Waals surface area contributed by atoms with E-state index in [4.69, 9.17) is 9.73 Å². The van der Waals surface area contributed by atoms with E-state index in [1.807, 2.05) is 0 Å². The third-order valence-corrected chi connectivity index (χ3v) is 7.63. The van der Waals surface area contributed by atoms with Crippen LogP contribution in [0, 0.1) is 11.7 Å². The molecule has 6 nitrogen and oxygen atoms in total. The van der Waals surface area contributed by atoms with E-state index in [1.54, 1.807) is 35.6 Å². The number of nitrogens with zero attached hydrogens (tertiary/aromatic N) is 1. The second-order valence-electron chi connectivity index (χ2n) is 9.21. The molecule has 2 amide bonds. The molecule has 0 saturated heterocycles. The van der Waals surface area contributed by atoms with Gasteiger partial charge in [0.15, 0.2) is 5.17 Å². The summed E-state index contributed by atoms with van der Waals surface area (Å²) in [5.74, 6) is -2.83.